The SMILES string of the molecule is Cc1cc(C)c2nc(C3CCCC3)oc2c1. The van der Waals surface area contributed by atoms with Gasteiger partial charge in [0.15, 0.2) is 11.5 Å². The summed E-state index contributed by atoms with van der Waals surface area (Å²) in [6.07, 6.45) is 5.12. The summed E-state index contributed by atoms with van der Waals surface area (Å²) in [4.78, 5) is 4.67. The van der Waals surface area contributed by atoms with Crippen LogP contribution in [-0.2, 0) is 0 Å². The number of aromatic nitrogens is 1. The summed E-state index contributed by atoms with van der Waals surface area (Å²) in [6.45, 7) is 4.21. The van der Waals surface area contributed by atoms with Crippen LogP contribution in [0.5, 0.6) is 0 Å². The third-order valence-corrected chi connectivity index (χ3v) is 3.55. The van der Waals surface area contributed by atoms with E-state index in [0.29, 0.717) is 5.92 Å². The summed E-state index contributed by atoms with van der Waals surface area (Å²) in [5.74, 6) is 1.52. The Hall–Kier alpha value is -1.31. The Morgan fingerprint density at radius 3 is 2.69 bits per heavy atom. The van der Waals surface area contributed by atoms with Crippen molar-refractivity contribution in [3.8, 4) is 0 Å². The van der Waals surface area contributed by atoms with Crippen LogP contribution in [0.3, 0.4) is 0 Å². The number of aryl methyl sites for hydroxylation is 2. The van der Waals surface area contributed by atoms with Crippen molar-refractivity contribution in [2.75, 3.05) is 0 Å². The topological polar surface area (TPSA) is 26.0 Å². The van der Waals surface area contributed by atoms with Crippen molar-refractivity contribution in [2.45, 2.75) is 45.4 Å². The summed E-state index contributed by atoms with van der Waals surface area (Å²) in [5, 5.41) is 0. The molecule has 0 saturated heterocycles. The average Bonchev–Trinajstić information content (AvgIpc) is 2.82. The molecule has 0 amide bonds. The van der Waals surface area contributed by atoms with Crippen LogP contribution in [0.1, 0.15) is 48.6 Å². The maximum Gasteiger partial charge on any atom is 0.198 e. The summed E-state index contributed by atoms with van der Waals surface area (Å²) >= 11 is 0. The van der Waals surface area contributed by atoms with Crippen LogP contribution in [0.4, 0.5) is 0 Å². The third kappa shape index (κ3) is 1.53. The number of hydrogen-bond acceptors (Lipinski definition) is 2. The van der Waals surface area contributed by atoms with E-state index in [1.807, 2.05) is 0 Å². The van der Waals surface area contributed by atoms with Gasteiger partial charge in [-0.25, -0.2) is 4.98 Å². The van der Waals surface area contributed by atoms with Crippen molar-refractivity contribution in [3.63, 3.8) is 0 Å². The fourth-order valence-corrected chi connectivity index (χ4v) is 2.74. The molecule has 1 aliphatic rings. The molecule has 0 unspecified atom stereocenters. The molecule has 0 spiro atoms. The van der Waals surface area contributed by atoms with Crippen molar-refractivity contribution in [1.82, 2.24) is 4.98 Å². The van der Waals surface area contributed by atoms with Crippen molar-refractivity contribution >= 4 is 11.1 Å². The summed E-state index contributed by atoms with van der Waals surface area (Å²) in [6, 6.07) is 4.26. The molecule has 16 heavy (non-hydrogen) atoms. The summed E-state index contributed by atoms with van der Waals surface area (Å²) < 4.78 is 5.90. The van der Waals surface area contributed by atoms with E-state index < -0.39 is 0 Å². The van der Waals surface area contributed by atoms with E-state index in [1.165, 1.54) is 36.8 Å². The first-order valence-electron chi connectivity index (χ1n) is 6.12. The lowest BCUT2D eigenvalue weighted by Crippen LogP contribution is -1.91. The summed E-state index contributed by atoms with van der Waals surface area (Å²) in [5.41, 5.74) is 4.48. The quantitative estimate of drug-likeness (QED) is 0.715. The molecule has 1 saturated carbocycles. The van der Waals surface area contributed by atoms with Crippen LogP contribution in [0, 0.1) is 13.8 Å². The first-order valence-corrected chi connectivity index (χ1v) is 6.12. The van der Waals surface area contributed by atoms with Crippen LogP contribution in [0.2, 0.25) is 0 Å². The van der Waals surface area contributed by atoms with Crippen molar-refractivity contribution in [2.24, 2.45) is 0 Å². The minimum absolute atomic E-state index is 0.562. The lowest BCUT2D eigenvalue weighted by molar-refractivity contribution is 0.474. The molecule has 1 fully saturated rings. The highest BCUT2D eigenvalue weighted by molar-refractivity contribution is 5.77. The number of nitrogens with zero attached hydrogens (tertiary/aromatic N) is 1. The Bertz CT molecular complexity index is 521. The fraction of sp³-hybridized carbons (Fsp3) is 0.500. The van der Waals surface area contributed by atoms with Crippen LogP contribution < -0.4 is 0 Å². The normalized spacial score (nSPS) is 17.4. The predicted octanol–water partition coefficient (Wildman–Crippen LogP) is 4.10. The molecule has 0 aliphatic heterocycles. The van der Waals surface area contributed by atoms with Crippen molar-refractivity contribution in [1.29, 1.82) is 0 Å². The second-order valence-corrected chi connectivity index (χ2v) is 4.96. The molecular formula is C14H17NO. The molecule has 3 rings (SSSR count). The van der Waals surface area contributed by atoms with Gasteiger partial charge in [-0.2, -0.15) is 0 Å². The highest BCUT2D eigenvalue weighted by Crippen LogP contribution is 2.35. The maximum absolute atomic E-state index is 5.90. The lowest BCUT2D eigenvalue weighted by atomic mass is 10.1. The van der Waals surface area contributed by atoms with Crippen LogP contribution in [-0.4, -0.2) is 4.98 Å². The van der Waals surface area contributed by atoms with Gasteiger partial charge < -0.3 is 4.42 Å². The number of benzene rings is 1. The van der Waals surface area contributed by atoms with Gasteiger partial charge in [0.25, 0.3) is 0 Å². The minimum atomic E-state index is 0.562. The highest BCUT2D eigenvalue weighted by atomic mass is 16.3. The van der Waals surface area contributed by atoms with E-state index in [9.17, 15) is 0 Å². The average molecular weight is 215 g/mol. The van der Waals surface area contributed by atoms with Crippen LogP contribution in [0.15, 0.2) is 16.5 Å². The molecular weight excluding hydrogens is 198 g/mol. The van der Waals surface area contributed by atoms with Crippen LogP contribution >= 0.6 is 0 Å². The zero-order valence-electron chi connectivity index (χ0n) is 9.92. The molecule has 0 atom stereocenters. The Labute approximate surface area is 95.7 Å². The molecule has 84 valence electrons. The monoisotopic (exact) mass is 215 g/mol. The zero-order chi connectivity index (χ0) is 11.1. The summed E-state index contributed by atoms with van der Waals surface area (Å²) in [7, 11) is 0. The van der Waals surface area contributed by atoms with E-state index in [2.05, 4.69) is 31.0 Å². The van der Waals surface area contributed by atoms with Gasteiger partial charge in [0.05, 0.1) is 0 Å². The molecule has 2 aromatic rings. The van der Waals surface area contributed by atoms with E-state index in [-0.39, 0.29) is 0 Å². The lowest BCUT2D eigenvalue weighted by Gasteiger charge is -2.00. The van der Waals surface area contributed by atoms with Gasteiger partial charge in [-0.15, -0.1) is 0 Å². The van der Waals surface area contributed by atoms with Gasteiger partial charge in [-0.05, 0) is 43.9 Å². The molecule has 0 radical (unpaired) electrons. The Morgan fingerprint density at radius 1 is 1.19 bits per heavy atom. The molecule has 1 heterocycles. The van der Waals surface area contributed by atoms with E-state index in [0.717, 1.165) is 17.0 Å². The van der Waals surface area contributed by atoms with Crippen molar-refractivity contribution in [3.05, 3.63) is 29.2 Å². The van der Waals surface area contributed by atoms with Crippen LogP contribution in [0.25, 0.3) is 11.1 Å². The molecule has 2 nitrogen and oxygen atoms in total. The Morgan fingerprint density at radius 2 is 1.94 bits per heavy atom. The smallest absolute Gasteiger partial charge is 0.198 e. The standard InChI is InChI=1S/C14H17NO/c1-9-7-10(2)13-12(8-9)16-14(15-13)11-5-3-4-6-11/h7-8,11H,3-6H2,1-2H3. The fourth-order valence-electron chi connectivity index (χ4n) is 2.74. The first kappa shape index (κ1) is 9.88. The second-order valence-electron chi connectivity index (χ2n) is 4.96. The second kappa shape index (κ2) is 3.62. The predicted molar refractivity (Wildman–Crippen MR) is 64.7 cm³/mol. The van der Waals surface area contributed by atoms with Gasteiger partial charge in [0.1, 0.15) is 5.52 Å². The largest absolute Gasteiger partial charge is 0.440 e. The van der Waals surface area contributed by atoms with Gasteiger partial charge in [-0.3, -0.25) is 0 Å². The number of hydrogen-bond donors (Lipinski definition) is 0. The van der Waals surface area contributed by atoms with Crippen molar-refractivity contribution < 1.29 is 4.42 Å². The number of fused-ring (bicyclic) bond motifs is 1. The molecule has 2 heteroatoms. The van der Waals surface area contributed by atoms with Gasteiger partial charge in [0.2, 0.25) is 0 Å². The van der Waals surface area contributed by atoms with Gasteiger partial charge in [-0.1, -0.05) is 18.9 Å². The molecule has 1 aliphatic carbocycles. The minimum Gasteiger partial charge on any atom is -0.440 e. The van der Waals surface area contributed by atoms with Gasteiger partial charge in [0, 0.05) is 5.92 Å². The molecule has 1 aromatic heterocycles. The van der Waals surface area contributed by atoms with E-state index in [4.69, 9.17) is 4.42 Å². The molecule has 0 N–H and O–H groups in total. The van der Waals surface area contributed by atoms with E-state index >= 15 is 0 Å². The highest BCUT2D eigenvalue weighted by Gasteiger charge is 2.22. The number of rotatable bonds is 1. The Balaban J connectivity index is 2.11. The first-order chi connectivity index (χ1) is 7.74. The zero-order valence-corrected chi connectivity index (χ0v) is 9.92. The van der Waals surface area contributed by atoms with Gasteiger partial charge >= 0.3 is 0 Å². The maximum atomic E-state index is 5.90. The molecule has 0 bridgehead atoms. The molecule has 1 aromatic carbocycles. The van der Waals surface area contributed by atoms with E-state index in [1.54, 1.807) is 0 Å². The number of oxazole rings is 1. The Kier molecular flexibility index (Phi) is 2.23. The third-order valence-electron chi connectivity index (χ3n) is 3.55.